The molecule has 6 heteroatoms. The number of hydrogen-bond acceptors (Lipinski definition) is 5. The molecular weight excluding hydrogens is 335 g/mol. The Bertz CT molecular complexity index is 723. The molecule has 26 heavy (non-hydrogen) atoms. The minimum atomic E-state index is -0.230. The normalized spacial score (nSPS) is 16.2. The Balaban J connectivity index is 2.14. The van der Waals surface area contributed by atoms with Crippen LogP contribution in [0.25, 0.3) is 0 Å². The van der Waals surface area contributed by atoms with Gasteiger partial charge in [0.05, 0.1) is 27.4 Å². The minimum Gasteiger partial charge on any atom is -0.493 e. The van der Waals surface area contributed by atoms with Gasteiger partial charge in [0.15, 0.2) is 11.5 Å². The van der Waals surface area contributed by atoms with Crippen molar-refractivity contribution in [2.45, 2.75) is 6.04 Å². The molecule has 1 fully saturated rings. The van der Waals surface area contributed by atoms with Crippen molar-refractivity contribution in [3.05, 3.63) is 53.3 Å². The van der Waals surface area contributed by atoms with E-state index in [9.17, 15) is 4.39 Å². The predicted octanol–water partition coefficient (Wildman–Crippen LogP) is 2.85. The van der Waals surface area contributed by atoms with Gasteiger partial charge in [0, 0.05) is 31.7 Å². The number of hydrogen-bond donors (Lipinski definition) is 1. The number of halogens is 1. The van der Waals surface area contributed by atoms with E-state index < -0.39 is 0 Å². The smallest absolute Gasteiger partial charge is 0.203 e. The third kappa shape index (κ3) is 3.61. The van der Waals surface area contributed by atoms with Gasteiger partial charge in [-0.25, -0.2) is 4.39 Å². The molecule has 0 amide bonds. The molecule has 0 aliphatic carbocycles. The van der Waals surface area contributed by atoms with Crippen molar-refractivity contribution < 1.29 is 18.6 Å². The summed E-state index contributed by atoms with van der Waals surface area (Å²) < 4.78 is 31.1. The van der Waals surface area contributed by atoms with Crippen molar-refractivity contribution in [1.82, 2.24) is 10.2 Å². The molecule has 3 rings (SSSR count). The van der Waals surface area contributed by atoms with E-state index in [0.29, 0.717) is 22.8 Å². The molecule has 1 atom stereocenters. The van der Waals surface area contributed by atoms with E-state index >= 15 is 0 Å². The quantitative estimate of drug-likeness (QED) is 0.858. The summed E-state index contributed by atoms with van der Waals surface area (Å²) in [5.74, 6) is 1.45. The molecule has 140 valence electrons. The molecule has 0 spiro atoms. The summed E-state index contributed by atoms with van der Waals surface area (Å²) in [5.41, 5.74) is 1.55. The average molecular weight is 360 g/mol. The maximum absolute atomic E-state index is 14.7. The molecule has 0 bridgehead atoms. The monoisotopic (exact) mass is 360 g/mol. The molecule has 1 aliphatic heterocycles. The second-order valence-electron chi connectivity index (χ2n) is 6.17. The van der Waals surface area contributed by atoms with Crippen LogP contribution < -0.4 is 19.5 Å². The van der Waals surface area contributed by atoms with Crippen molar-refractivity contribution in [3.63, 3.8) is 0 Å². The van der Waals surface area contributed by atoms with Gasteiger partial charge in [0.25, 0.3) is 0 Å². The number of piperazine rings is 1. The van der Waals surface area contributed by atoms with Gasteiger partial charge in [0.1, 0.15) is 5.82 Å². The zero-order chi connectivity index (χ0) is 18.5. The van der Waals surface area contributed by atoms with E-state index in [1.54, 1.807) is 27.4 Å². The molecule has 1 aliphatic rings. The first-order valence-electron chi connectivity index (χ1n) is 8.68. The maximum atomic E-state index is 14.7. The van der Waals surface area contributed by atoms with Crippen LogP contribution in [0.5, 0.6) is 17.2 Å². The second-order valence-corrected chi connectivity index (χ2v) is 6.17. The van der Waals surface area contributed by atoms with Gasteiger partial charge in [-0.05, 0) is 23.8 Å². The lowest BCUT2D eigenvalue weighted by atomic mass is 9.95. The zero-order valence-corrected chi connectivity index (χ0v) is 15.4. The molecule has 0 saturated carbocycles. The highest BCUT2D eigenvalue weighted by atomic mass is 19.1. The Morgan fingerprint density at radius 3 is 2.12 bits per heavy atom. The van der Waals surface area contributed by atoms with E-state index in [4.69, 9.17) is 14.2 Å². The third-order valence-corrected chi connectivity index (χ3v) is 4.72. The molecule has 0 aromatic heterocycles. The zero-order valence-electron chi connectivity index (χ0n) is 15.4. The van der Waals surface area contributed by atoms with Crippen molar-refractivity contribution in [2.24, 2.45) is 0 Å². The highest BCUT2D eigenvalue weighted by Crippen LogP contribution is 2.42. The first kappa shape index (κ1) is 18.5. The minimum absolute atomic E-state index is 0.218. The van der Waals surface area contributed by atoms with E-state index in [-0.39, 0.29) is 11.9 Å². The molecule has 2 aromatic rings. The number of methoxy groups -OCH3 is 3. The first-order chi connectivity index (χ1) is 12.7. The maximum Gasteiger partial charge on any atom is 0.203 e. The Labute approximate surface area is 153 Å². The molecule has 2 aromatic carbocycles. The Kier molecular flexibility index (Phi) is 5.96. The molecule has 5 nitrogen and oxygen atoms in total. The number of benzene rings is 2. The Morgan fingerprint density at radius 1 is 0.962 bits per heavy atom. The molecular formula is C20H25FN2O3. The van der Waals surface area contributed by atoms with Crippen LogP contribution in [0.15, 0.2) is 36.4 Å². The fourth-order valence-corrected chi connectivity index (χ4v) is 3.48. The summed E-state index contributed by atoms with van der Waals surface area (Å²) >= 11 is 0. The fourth-order valence-electron chi connectivity index (χ4n) is 3.48. The summed E-state index contributed by atoms with van der Waals surface area (Å²) in [6.07, 6.45) is 0. The van der Waals surface area contributed by atoms with Gasteiger partial charge in [-0.2, -0.15) is 0 Å². The van der Waals surface area contributed by atoms with Crippen LogP contribution >= 0.6 is 0 Å². The van der Waals surface area contributed by atoms with E-state index in [1.807, 2.05) is 24.3 Å². The van der Waals surface area contributed by atoms with Crippen LogP contribution in [0.2, 0.25) is 0 Å². The van der Waals surface area contributed by atoms with Crippen LogP contribution in [0.3, 0.4) is 0 Å². The lowest BCUT2D eigenvalue weighted by Gasteiger charge is -2.36. The summed E-state index contributed by atoms with van der Waals surface area (Å²) in [5, 5.41) is 3.35. The highest BCUT2D eigenvalue weighted by molar-refractivity contribution is 5.55. The standard InChI is InChI=1S/C20H25FN2O3/c1-24-17-12-14(13-18(25-2)20(17)26-3)19(23-10-8-22-9-11-23)15-6-4-5-7-16(15)21/h4-7,12-13,19,22H,8-11H2,1-3H3. The lowest BCUT2D eigenvalue weighted by Crippen LogP contribution is -2.45. The predicted molar refractivity (Wildman–Crippen MR) is 98.8 cm³/mol. The van der Waals surface area contributed by atoms with E-state index in [1.165, 1.54) is 6.07 Å². The number of nitrogens with one attached hydrogen (secondary N) is 1. The van der Waals surface area contributed by atoms with Crippen molar-refractivity contribution in [2.75, 3.05) is 47.5 Å². The van der Waals surface area contributed by atoms with Gasteiger partial charge >= 0.3 is 0 Å². The molecule has 1 saturated heterocycles. The van der Waals surface area contributed by atoms with Gasteiger partial charge in [-0.15, -0.1) is 0 Å². The van der Waals surface area contributed by atoms with Crippen molar-refractivity contribution in [1.29, 1.82) is 0 Å². The van der Waals surface area contributed by atoms with Crippen molar-refractivity contribution >= 4 is 0 Å². The third-order valence-electron chi connectivity index (χ3n) is 4.72. The van der Waals surface area contributed by atoms with Gasteiger partial charge < -0.3 is 19.5 Å². The lowest BCUT2D eigenvalue weighted by molar-refractivity contribution is 0.194. The summed E-state index contributed by atoms with van der Waals surface area (Å²) in [4.78, 5) is 2.27. The summed E-state index contributed by atoms with van der Waals surface area (Å²) in [6, 6.07) is 10.5. The number of nitrogens with zero attached hydrogens (tertiary/aromatic N) is 1. The van der Waals surface area contributed by atoms with Crippen molar-refractivity contribution in [3.8, 4) is 17.2 Å². The Hall–Kier alpha value is -2.31. The molecule has 1 unspecified atom stereocenters. The van der Waals surface area contributed by atoms with Crippen LogP contribution in [-0.2, 0) is 0 Å². The number of ether oxygens (including phenoxy) is 3. The second kappa shape index (κ2) is 8.38. The topological polar surface area (TPSA) is 43.0 Å². The van der Waals surface area contributed by atoms with E-state index in [2.05, 4.69) is 10.2 Å². The summed E-state index contributed by atoms with van der Waals surface area (Å²) in [6.45, 7) is 3.40. The Morgan fingerprint density at radius 2 is 1.58 bits per heavy atom. The van der Waals surface area contributed by atoms with Crippen LogP contribution in [-0.4, -0.2) is 52.4 Å². The van der Waals surface area contributed by atoms with Crippen LogP contribution in [0.4, 0.5) is 4.39 Å². The van der Waals surface area contributed by atoms with Gasteiger partial charge in [0.2, 0.25) is 5.75 Å². The number of rotatable bonds is 6. The summed E-state index contributed by atoms with van der Waals surface area (Å²) in [7, 11) is 4.75. The van der Waals surface area contributed by atoms with Crippen LogP contribution in [0, 0.1) is 5.82 Å². The largest absolute Gasteiger partial charge is 0.493 e. The molecule has 0 radical (unpaired) electrons. The first-order valence-corrected chi connectivity index (χ1v) is 8.68. The van der Waals surface area contributed by atoms with Crippen LogP contribution in [0.1, 0.15) is 17.2 Å². The van der Waals surface area contributed by atoms with E-state index in [0.717, 1.165) is 31.7 Å². The molecule has 1 heterocycles. The van der Waals surface area contributed by atoms with Gasteiger partial charge in [-0.3, -0.25) is 4.90 Å². The fraction of sp³-hybridized carbons (Fsp3) is 0.400. The van der Waals surface area contributed by atoms with Gasteiger partial charge in [-0.1, -0.05) is 18.2 Å². The highest BCUT2D eigenvalue weighted by Gasteiger charge is 2.28. The SMILES string of the molecule is COc1cc(C(c2ccccc2F)N2CCNCC2)cc(OC)c1OC. The molecule has 1 N–H and O–H groups in total. The average Bonchev–Trinajstić information content (AvgIpc) is 2.69.